The summed E-state index contributed by atoms with van der Waals surface area (Å²) in [4.78, 5) is 26.1. The standard InChI is InChI=1S/C14H23N3O3/c1-9(2)7-12(13(18)15-3)16-8-10-5-6-11(17-10)14(19)20-4/h5-6,9,12,16-17H,7-8H2,1-4H3,(H,15,18). The molecule has 0 radical (unpaired) electrons. The lowest BCUT2D eigenvalue weighted by Gasteiger charge is -2.18. The number of carbonyl (C=O) groups excluding carboxylic acids is 2. The van der Waals surface area contributed by atoms with Crippen LogP contribution in [0, 0.1) is 5.92 Å². The van der Waals surface area contributed by atoms with Gasteiger partial charge in [-0.25, -0.2) is 4.79 Å². The van der Waals surface area contributed by atoms with Gasteiger partial charge in [-0.2, -0.15) is 0 Å². The number of amides is 1. The van der Waals surface area contributed by atoms with Gasteiger partial charge in [-0.3, -0.25) is 4.79 Å². The Hall–Kier alpha value is -1.82. The van der Waals surface area contributed by atoms with E-state index in [2.05, 4.69) is 34.2 Å². The lowest BCUT2D eigenvalue weighted by Crippen LogP contribution is -2.43. The van der Waals surface area contributed by atoms with E-state index in [-0.39, 0.29) is 11.9 Å². The third-order valence-electron chi connectivity index (χ3n) is 2.96. The van der Waals surface area contributed by atoms with Gasteiger partial charge in [0, 0.05) is 19.3 Å². The maximum atomic E-state index is 11.8. The topological polar surface area (TPSA) is 83.2 Å². The molecule has 0 bridgehead atoms. The minimum atomic E-state index is -0.402. The Balaban J connectivity index is 2.60. The monoisotopic (exact) mass is 281 g/mol. The van der Waals surface area contributed by atoms with Gasteiger partial charge in [0.15, 0.2) is 0 Å². The Labute approximate surface area is 119 Å². The van der Waals surface area contributed by atoms with Crippen molar-refractivity contribution in [2.75, 3.05) is 14.2 Å². The summed E-state index contributed by atoms with van der Waals surface area (Å²) in [6, 6.07) is 3.22. The van der Waals surface area contributed by atoms with Crippen LogP contribution in [0.3, 0.4) is 0 Å². The zero-order valence-corrected chi connectivity index (χ0v) is 12.4. The molecule has 112 valence electrons. The van der Waals surface area contributed by atoms with E-state index in [1.807, 2.05) is 0 Å². The van der Waals surface area contributed by atoms with E-state index in [1.54, 1.807) is 19.2 Å². The quantitative estimate of drug-likeness (QED) is 0.652. The molecule has 0 aliphatic rings. The van der Waals surface area contributed by atoms with Gasteiger partial charge in [-0.1, -0.05) is 13.8 Å². The third-order valence-corrected chi connectivity index (χ3v) is 2.96. The second-order valence-electron chi connectivity index (χ2n) is 5.07. The molecule has 1 rings (SSSR count). The van der Waals surface area contributed by atoms with Crippen molar-refractivity contribution in [2.24, 2.45) is 5.92 Å². The molecule has 1 unspecified atom stereocenters. The molecule has 3 N–H and O–H groups in total. The van der Waals surface area contributed by atoms with Crippen molar-refractivity contribution in [2.45, 2.75) is 32.9 Å². The molecule has 0 saturated carbocycles. The van der Waals surface area contributed by atoms with Crippen molar-refractivity contribution in [3.8, 4) is 0 Å². The fourth-order valence-corrected chi connectivity index (χ4v) is 1.93. The van der Waals surface area contributed by atoms with Gasteiger partial charge in [0.2, 0.25) is 5.91 Å². The summed E-state index contributed by atoms with van der Waals surface area (Å²) >= 11 is 0. The minimum absolute atomic E-state index is 0.0292. The SMILES string of the molecule is CNC(=O)C(CC(C)C)NCc1ccc(C(=O)OC)[nH]1. The highest BCUT2D eigenvalue weighted by Crippen LogP contribution is 2.07. The largest absolute Gasteiger partial charge is 0.464 e. The van der Waals surface area contributed by atoms with E-state index < -0.39 is 5.97 Å². The number of hydrogen-bond acceptors (Lipinski definition) is 4. The van der Waals surface area contributed by atoms with E-state index in [4.69, 9.17) is 0 Å². The summed E-state index contributed by atoms with van der Waals surface area (Å²) in [5.41, 5.74) is 1.24. The highest BCUT2D eigenvalue weighted by Gasteiger charge is 2.18. The Bertz CT molecular complexity index is 454. The minimum Gasteiger partial charge on any atom is -0.464 e. The normalized spacial score (nSPS) is 12.2. The Morgan fingerprint density at radius 2 is 2.05 bits per heavy atom. The van der Waals surface area contributed by atoms with Crippen molar-refractivity contribution >= 4 is 11.9 Å². The fraction of sp³-hybridized carbons (Fsp3) is 0.571. The van der Waals surface area contributed by atoms with Gasteiger partial charge in [-0.05, 0) is 24.5 Å². The molecule has 1 heterocycles. The van der Waals surface area contributed by atoms with Gasteiger partial charge in [0.25, 0.3) is 0 Å². The molecule has 1 amide bonds. The Kier molecular flexibility index (Phi) is 6.24. The van der Waals surface area contributed by atoms with Crippen LogP contribution in [0.5, 0.6) is 0 Å². The van der Waals surface area contributed by atoms with Gasteiger partial charge in [0.05, 0.1) is 13.2 Å². The molecule has 1 aromatic rings. The average Bonchev–Trinajstić information content (AvgIpc) is 2.90. The number of ether oxygens (including phenoxy) is 1. The van der Waals surface area contributed by atoms with Crippen LogP contribution in [0.1, 0.15) is 36.5 Å². The molecule has 0 saturated heterocycles. The number of carbonyl (C=O) groups is 2. The van der Waals surface area contributed by atoms with Crippen LogP contribution in [-0.2, 0) is 16.1 Å². The lowest BCUT2D eigenvalue weighted by molar-refractivity contribution is -0.123. The Morgan fingerprint density at radius 1 is 1.35 bits per heavy atom. The molecule has 6 nitrogen and oxygen atoms in total. The van der Waals surface area contributed by atoms with E-state index in [0.717, 1.165) is 12.1 Å². The number of likely N-dealkylation sites (N-methyl/N-ethyl adjacent to an activating group) is 1. The molecule has 0 aliphatic carbocycles. The van der Waals surface area contributed by atoms with Crippen LogP contribution in [0.15, 0.2) is 12.1 Å². The predicted octanol–water partition coefficient (Wildman–Crippen LogP) is 1.05. The van der Waals surface area contributed by atoms with Gasteiger partial charge in [-0.15, -0.1) is 0 Å². The summed E-state index contributed by atoms with van der Waals surface area (Å²) in [6.07, 6.45) is 0.754. The second-order valence-corrected chi connectivity index (χ2v) is 5.07. The predicted molar refractivity (Wildman–Crippen MR) is 76.3 cm³/mol. The number of aromatic amines is 1. The van der Waals surface area contributed by atoms with Crippen molar-refractivity contribution in [1.29, 1.82) is 0 Å². The number of esters is 1. The smallest absolute Gasteiger partial charge is 0.354 e. The Morgan fingerprint density at radius 3 is 2.60 bits per heavy atom. The summed E-state index contributed by atoms with van der Waals surface area (Å²) in [6.45, 7) is 4.63. The first-order chi connectivity index (χ1) is 9.47. The molecule has 0 fully saturated rings. The summed E-state index contributed by atoms with van der Waals surface area (Å²) in [7, 11) is 2.96. The van der Waals surface area contributed by atoms with Gasteiger partial charge >= 0.3 is 5.97 Å². The molecule has 0 aromatic carbocycles. The summed E-state index contributed by atoms with van der Waals surface area (Å²) in [5.74, 6) is -0.0150. The van der Waals surface area contributed by atoms with Crippen LogP contribution < -0.4 is 10.6 Å². The molecular weight excluding hydrogens is 258 g/mol. The van der Waals surface area contributed by atoms with Crippen molar-refractivity contribution < 1.29 is 14.3 Å². The maximum absolute atomic E-state index is 11.8. The first-order valence-corrected chi connectivity index (χ1v) is 6.69. The number of hydrogen-bond donors (Lipinski definition) is 3. The van der Waals surface area contributed by atoms with Crippen LogP contribution in [-0.4, -0.2) is 37.1 Å². The van der Waals surface area contributed by atoms with Crippen LogP contribution in [0.2, 0.25) is 0 Å². The molecule has 6 heteroatoms. The average molecular weight is 281 g/mol. The molecular formula is C14H23N3O3. The molecule has 1 atom stereocenters. The van der Waals surface area contributed by atoms with Crippen molar-refractivity contribution in [1.82, 2.24) is 15.6 Å². The van der Waals surface area contributed by atoms with E-state index in [9.17, 15) is 9.59 Å². The van der Waals surface area contributed by atoms with Crippen molar-refractivity contribution in [3.63, 3.8) is 0 Å². The highest BCUT2D eigenvalue weighted by atomic mass is 16.5. The first kappa shape index (κ1) is 16.2. The van der Waals surface area contributed by atoms with Crippen LogP contribution in [0.4, 0.5) is 0 Å². The number of nitrogens with one attached hydrogen (secondary N) is 3. The highest BCUT2D eigenvalue weighted by molar-refractivity contribution is 5.87. The third kappa shape index (κ3) is 4.70. The number of rotatable bonds is 7. The second kappa shape index (κ2) is 7.69. The summed E-state index contributed by atoms with van der Waals surface area (Å²) in [5, 5.41) is 5.85. The molecule has 1 aromatic heterocycles. The van der Waals surface area contributed by atoms with Crippen molar-refractivity contribution in [3.05, 3.63) is 23.5 Å². The number of methoxy groups -OCH3 is 1. The van der Waals surface area contributed by atoms with Gasteiger partial charge in [0.1, 0.15) is 5.69 Å². The number of H-pyrrole nitrogens is 1. The first-order valence-electron chi connectivity index (χ1n) is 6.69. The zero-order chi connectivity index (χ0) is 15.1. The van der Waals surface area contributed by atoms with Gasteiger partial charge < -0.3 is 20.4 Å². The maximum Gasteiger partial charge on any atom is 0.354 e. The molecule has 0 aliphatic heterocycles. The van der Waals surface area contributed by atoms with E-state index in [1.165, 1.54) is 7.11 Å². The molecule has 20 heavy (non-hydrogen) atoms. The van der Waals surface area contributed by atoms with E-state index >= 15 is 0 Å². The molecule has 0 spiro atoms. The zero-order valence-electron chi connectivity index (χ0n) is 12.4. The van der Waals surface area contributed by atoms with Crippen LogP contribution >= 0.6 is 0 Å². The van der Waals surface area contributed by atoms with E-state index in [0.29, 0.717) is 18.2 Å². The lowest BCUT2D eigenvalue weighted by atomic mass is 10.0. The van der Waals surface area contributed by atoms with Crippen LogP contribution in [0.25, 0.3) is 0 Å². The fourth-order valence-electron chi connectivity index (χ4n) is 1.93. The number of aromatic nitrogens is 1. The summed E-state index contributed by atoms with van der Waals surface area (Å²) < 4.78 is 4.63.